The van der Waals surface area contributed by atoms with E-state index in [9.17, 15) is 0 Å². The minimum absolute atomic E-state index is 1.10. The van der Waals surface area contributed by atoms with E-state index in [-0.39, 0.29) is 0 Å². The van der Waals surface area contributed by atoms with Gasteiger partial charge in [-0.05, 0) is 41.5 Å². The van der Waals surface area contributed by atoms with Crippen molar-refractivity contribution in [1.29, 1.82) is 0 Å². The lowest BCUT2D eigenvalue weighted by atomic mass is 10.00. The highest BCUT2D eigenvalue weighted by Crippen LogP contribution is 2.39. The molecule has 0 aliphatic rings. The van der Waals surface area contributed by atoms with E-state index in [1.165, 1.54) is 31.3 Å². The van der Waals surface area contributed by atoms with Crippen LogP contribution in [0.1, 0.15) is 0 Å². The molecular weight excluding hydrogens is 328 g/mol. The Bertz CT molecular complexity index is 904. The van der Waals surface area contributed by atoms with Crippen molar-refractivity contribution in [3.63, 3.8) is 0 Å². The Morgan fingerprint density at radius 1 is 0.850 bits per heavy atom. The molecule has 1 radical (unpaired) electrons. The molecule has 2 heteroatoms. The average molecular weight is 338 g/mol. The van der Waals surface area contributed by atoms with Crippen LogP contribution in [0.25, 0.3) is 31.3 Å². The maximum Gasteiger partial charge on any atom is 0.0362 e. The molecule has 0 spiro atoms. The zero-order valence-corrected chi connectivity index (χ0v) is 13.0. The lowest BCUT2D eigenvalue weighted by Gasteiger charge is -2.04. The van der Waals surface area contributed by atoms with Crippen molar-refractivity contribution in [3.05, 3.63) is 71.2 Å². The zero-order chi connectivity index (χ0) is 13.5. The minimum Gasteiger partial charge on any atom is -0.135 e. The van der Waals surface area contributed by atoms with Crippen LogP contribution in [0.4, 0.5) is 0 Å². The Morgan fingerprint density at radius 2 is 1.65 bits per heavy atom. The first-order valence-electron chi connectivity index (χ1n) is 6.41. The number of thiophene rings is 1. The monoisotopic (exact) mass is 337 g/mol. The topological polar surface area (TPSA) is 0 Å². The maximum atomic E-state index is 3.49. The Balaban J connectivity index is 2.11. The lowest BCUT2D eigenvalue weighted by molar-refractivity contribution is 1.62. The Labute approximate surface area is 129 Å². The molecule has 0 saturated carbocycles. The van der Waals surface area contributed by atoms with Gasteiger partial charge in [0.15, 0.2) is 0 Å². The molecule has 0 aliphatic carbocycles. The average Bonchev–Trinajstić information content (AvgIpc) is 2.86. The highest BCUT2D eigenvalue weighted by molar-refractivity contribution is 9.10. The van der Waals surface area contributed by atoms with Gasteiger partial charge in [0.2, 0.25) is 0 Å². The molecule has 0 bridgehead atoms. The number of benzene rings is 3. The van der Waals surface area contributed by atoms with Gasteiger partial charge in [-0.3, -0.25) is 0 Å². The molecule has 0 nitrogen and oxygen atoms in total. The predicted molar refractivity (Wildman–Crippen MR) is 91.3 cm³/mol. The van der Waals surface area contributed by atoms with E-state index in [0.717, 1.165) is 4.47 Å². The van der Waals surface area contributed by atoms with E-state index in [1.54, 1.807) is 0 Å². The van der Waals surface area contributed by atoms with Crippen molar-refractivity contribution in [2.45, 2.75) is 0 Å². The molecule has 0 N–H and O–H groups in total. The van der Waals surface area contributed by atoms with Crippen LogP contribution in [0.15, 0.2) is 65.1 Å². The Morgan fingerprint density at radius 3 is 2.50 bits per heavy atom. The molecule has 0 amide bonds. The number of hydrogen-bond donors (Lipinski definition) is 0. The summed E-state index contributed by atoms with van der Waals surface area (Å²) in [4.78, 5) is 0. The van der Waals surface area contributed by atoms with Gasteiger partial charge in [0, 0.05) is 24.6 Å². The first-order chi connectivity index (χ1) is 9.83. The van der Waals surface area contributed by atoms with Crippen molar-refractivity contribution in [1.82, 2.24) is 0 Å². The highest BCUT2D eigenvalue weighted by atomic mass is 79.9. The molecule has 0 saturated heterocycles. The van der Waals surface area contributed by atoms with Crippen LogP contribution in [-0.4, -0.2) is 0 Å². The molecule has 0 atom stereocenters. The third kappa shape index (κ3) is 1.88. The van der Waals surface area contributed by atoms with Gasteiger partial charge in [-0.1, -0.05) is 52.3 Å². The van der Waals surface area contributed by atoms with E-state index in [1.807, 2.05) is 17.4 Å². The Kier molecular flexibility index (Phi) is 2.86. The molecule has 4 rings (SSSR count). The Hall–Kier alpha value is -1.64. The van der Waals surface area contributed by atoms with E-state index in [0.29, 0.717) is 0 Å². The van der Waals surface area contributed by atoms with E-state index < -0.39 is 0 Å². The lowest BCUT2D eigenvalue weighted by Crippen LogP contribution is -1.79. The fourth-order valence-corrected chi connectivity index (χ4v) is 3.93. The normalized spacial score (nSPS) is 11.2. The number of hydrogen-bond acceptors (Lipinski definition) is 1. The van der Waals surface area contributed by atoms with Crippen LogP contribution in [0.5, 0.6) is 0 Å². The van der Waals surface area contributed by atoms with Crippen LogP contribution in [-0.2, 0) is 0 Å². The summed E-state index contributed by atoms with van der Waals surface area (Å²) in [5.74, 6) is 0. The van der Waals surface area contributed by atoms with Gasteiger partial charge in [0.25, 0.3) is 0 Å². The number of halogens is 1. The van der Waals surface area contributed by atoms with Crippen LogP contribution in [0.2, 0.25) is 0 Å². The van der Waals surface area contributed by atoms with E-state index >= 15 is 0 Å². The van der Waals surface area contributed by atoms with Gasteiger partial charge in [-0.25, -0.2) is 0 Å². The molecule has 0 fully saturated rings. The molecule has 1 aromatic heterocycles. The summed E-state index contributed by atoms with van der Waals surface area (Å²) in [5.41, 5.74) is 2.40. The third-order valence-electron chi connectivity index (χ3n) is 3.47. The first-order valence-corrected chi connectivity index (χ1v) is 8.02. The maximum absolute atomic E-state index is 3.49. The van der Waals surface area contributed by atoms with Crippen molar-refractivity contribution in [2.75, 3.05) is 0 Å². The van der Waals surface area contributed by atoms with E-state index in [4.69, 9.17) is 0 Å². The molecule has 20 heavy (non-hydrogen) atoms. The minimum atomic E-state index is 1.10. The second-order valence-corrected chi connectivity index (χ2v) is 6.70. The van der Waals surface area contributed by atoms with Gasteiger partial charge in [-0.2, -0.15) is 0 Å². The highest BCUT2D eigenvalue weighted by Gasteiger charge is 2.10. The smallest absolute Gasteiger partial charge is 0.0362 e. The summed E-state index contributed by atoms with van der Waals surface area (Å²) >= 11 is 5.34. The predicted octanol–water partition coefficient (Wildman–Crippen LogP) is 6.28. The van der Waals surface area contributed by atoms with E-state index in [2.05, 4.69) is 76.6 Å². The van der Waals surface area contributed by atoms with Gasteiger partial charge < -0.3 is 0 Å². The van der Waals surface area contributed by atoms with Gasteiger partial charge in [-0.15, -0.1) is 11.3 Å². The zero-order valence-electron chi connectivity index (χ0n) is 10.6. The molecule has 3 aromatic carbocycles. The summed E-state index contributed by atoms with van der Waals surface area (Å²) in [6.45, 7) is 0. The summed E-state index contributed by atoms with van der Waals surface area (Å²) in [7, 11) is 0. The molecule has 0 unspecified atom stereocenters. The fourth-order valence-electron chi connectivity index (χ4n) is 2.56. The summed E-state index contributed by atoms with van der Waals surface area (Å²) in [6, 6.07) is 24.6. The molecule has 0 aliphatic heterocycles. The van der Waals surface area contributed by atoms with Crippen LogP contribution in [0.3, 0.4) is 0 Å². The molecule has 95 valence electrons. The van der Waals surface area contributed by atoms with Gasteiger partial charge in [0.05, 0.1) is 0 Å². The second-order valence-electron chi connectivity index (χ2n) is 4.70. The number of rotatable bonds is 1. The summed E-state index contributed by atoms with van der Waals surface area (Å²) in [5, 5.41) is 2.64. The number of fused-ring (bicyclic) bond motifs is 3. The van der Waals surface area contributed by atoms with Crippen LogP contribution < -0.4 is 0 Å². The van der Waals surface area contributed by atoms with Crippen molar-refractivity contribution in [2.24, 2.45) is 0 Å². The summed E-state index contributed by atoms with van der Waals surface area (Å²) in [6.07, 6.45) is 0. The van der Waals surface area contributed by atoms with Gasteiger partial charge >= 0.3 is 0 Å². The molecular formula is C18H10BrS. The van der Waals surface area contributed by atoms with Gasteiger partial charge in [0.1, 0.15) is 0 Å². The SMILES string of the molecule is Brc1ccc(-c2[c]ccc3sc4ccccc4c23)cc1. The summed E-state index contributed by atoms with van der Waals surface area (Å²) < 4.78 is 3.76. The standard InChI is InChI=1S/C18H10BrS/c19-13-10-8-12(9-11-13)14-5-3-7-17-18(14)15-4-1-2-6-16(15)20-17/h1-4,6-11H. The van der Waals surface area contributed by atoms with Crippen molar-refractivity contribution in [3.8, 4) is 11.1 Å². The first kappa shape index (κ1) is 12.1. The van der Waals surface area contributed by atoms with Crippen LogP contribution in [0, 0.1) is 6.07 Å². The quantitative estimate of drug-likeness (QED) is 0.383. The largest absolute Gasteiger partial charge is 0.135 e. The fraction of sp³-hybridized carbons (Fsp3) is 0. The molecule has 1 heterocycles. The second kappa shape index (κ2) is 4.72. The molecule has 4 aromatic rings. The third-order valence-corrected chi connectivity index (χ3v) is 5.13. The van der Waals surface area contributed by atoms with Crippen LogP contribution >= 0.6 is 27.3 Å². The van der Waals surface area contributed by atoms with Crippen molar-refractivity contribution >= 4 is 47.4 Å². The van der Waals surface area contributed by atoms with Crippen molar-refractivity contribution < 1.29 is 0 Å².